The van der Waals surface area contributed by atoms with Crippen LogP contribution in [0.25, 0.3) is 0 Å². The third-order valence-electron chi connectivity index (χ3n) is 3.32. The molecule has 0 amide bonds. The highest BCUT2D eigenvalue weighted by atomic mass is 15.2. The van der Waals surface area contributed by atoms with E-state index in [4.69, 9.17) is 0 Å². The van der Waals surface area contributed by atoms with Gasteiger partial charge >= 0.3 is 0 Å². The van der Waals surface area contributed by atoms with Crippen molar-refractivity contribution in [1.82, 2.24) is 4.90 Å². The highest BCUT2D eigenvalue weighted by Gasteiger charge is 2.38. The van der Waals surface area contributed by atoms with Crippen LogP contribution in [0.3, 0.4) is 0 Å². The van der Waals surface area contributed by atoms with E-state index in [1.165, 1.54) is 12.8 Å². The summed E-state index contributed by atoms with van der Waals surface area (Å²) in [6.07, 6.45) is 2.75. The average Bonchev–Trinajstić information content (AvgIpc) is 2.28. The summed E-state index contributed by atoms with van der Waals surface area (Å²) in [5.74, 6) is 0. The van der Waals surface area contributed by atoms with Crippen molar-refractivity contribution in [3.63, 3.8) is 0 Å². The molecule has 1 aliphatic rings. The van der Waals surface area contributed by atoms with Crippen LogP contribution >= 0.6 is 0 Å². The summed E-state index contributed by atoms with van der Waals surface area (Å²) in [4.78, 5) is 2.69. The zero-order valence-electron chi connectivity index (χ0n) is 10.1. The normalized spacial score (nSPS) is 31.6. The second kappa shape index (κ2) is 3.61. The van der Waals surface area contributed by atoms with E-state index in [0.717, 1.165) is 12.1 Å². The lowest BCUT2D eigenvalue weighted by atomic mass is 9.85. The van der Waals surface area contributed by atoms with Crippen LogP contribution in [0.2, 0.25) is 0 Å². The molecule has 1 nitrogen and oxygen atoms in total. The third-order valence-corrected chi connectivity index (χ3v) is 3.32. The van der Waals surface area contributed by atoms with Gasteiger partial charge in [0.1, 0.15) is 0 Å². The summed E-state index contributed by atoms with van der Waals surface area (Å²) >= 11 is 0. The van der Waals surface area contributed by atoms with Gasteiger partial charge < -0.3 is 0 Å². The lowest BCUT2D eigenvalue weighted by Gasteiger charge is -2.39. The average molecular weight is 183 g/mol. The molecule has 0 aromatic carbocycles. The minimum Gasteiger partial charge on any atom is -0.295 e. The maximum Gasteiger partial charge on any atom is 0.0150 e. The smallest absolute Gasteiger partial charge is 0.0150 e. The first-order valence-electron chi connectivity index (χ1n) is 5.61. The summed E-state index contributed by atoms with van der Waals surface area (Å²) in [6.45, 7) is 14.1. The lowest BCUT2D eigenvalue weighted by molar-refractivity contribution is 0.0832. The van der Waals surface area contributed by atoms with Crippen molar-refractivity contribution in [3.05, 3.63) is 0 Å². The molecular weight excluding hydrogens is 158 g/mol. The molecule has 1 fully saturated rings. The van der Waals surface area contributed by atoms with Crippen LogP contribution in [0.4, 0.5) is 0 Å². The van der Waals surface area contributed by atoms with Gasteiger partial charge in [-0.2, -0.15) is 0 Å². The molecule has 2 atom stereocenters. The molecule has 0 bridgehead atoms. The van der Waals surface area contributed by atoms with Crippen LogP contribution in [0.1, 0.15) is 54.4 Å². The van der Waals surface area contributed by atoms with Gasteiger partial charge in [0.15, 0.2) is 0 Å². The largest absolute Gasteiger partial charge is 0.295 e. The maximum atomic E-state index is 2.69. The molecule has 0 spiro atoms. The van der Waals surface area contributed by atoms with Gasteiger partial charge in [0, 0.05) is 18.1 Å². The highest BCUT2D eigenvalue weighted by Crippen LogP contribution is 2.36. The quantitative estimate of drug-likeness (QED) is 0.603. The first-order valence-corrected chi connectivity index (χ1v) is 5.61. The van der Waals surface area contributed by atoms with Gasteiger partial charge in [-0.15, -0.1) is 0 Å². The van der Waals surface area contributed by atoms with Crippen LogP contribution in [-0.4, -0.2) is 23.0 Å². The zero-order chi connectivity index (χ0) is 10.2. The Bertz CT molecular complexity index is 166. The van der Waals surface area contributed by atoms with Gasteiger partial charge in [-0.05, 0) is 39.0 Å². The Kier molecular flexibility index (Phi) is 3.06. The van der Waals surface area contributed by atoms with Gasteiger partial charge in [-0.1, -0.05) is 20.8 Å². The Labute approximate surface area is 83.5 Å². The van der Waals surface area contributed by atoms with Crippen molar-refractivity contribution >= 4 is 0 Å². The van der Waals surface area contributed by atoms with Crippen LogP contribution < -0.4 is 0 Å². The van der Waals surface area contributed by atoms with E-state index in [2.05, 4.69) is 46.4 Å². The molecule has 78 valence electrons. The Hall–Kier alpha value is -0.0400. The van der Waals surface area contributed by atoms with Crippen LogP contribution in [-0.2, 0) is 0 Å². The number of hydrogen-bond acceptors (Lipinski definition) is 1. The molecule has 0 saturated carbocycles. The van der Waals surface area contributed by atoms with Crippen LogP contribution in [0, 0.1) is 5.41 Å². The fourth-order valence-electron chi connectivity index (χ4n) is 2.75. The monoisotopic (exact) mass is 183 g/mol. The molecular formula is C12H25N. The molecule has 0 aromatic heterocycles. The van der Waals surface area contributed by atoms with Gasteiger partial charge in [0.2, 0.25) is 0 Å². The summed E-state index contributed by atoms with van der Waals surface area (Å²) in [5, 5.41) is 0. The molecule has 0 aromatic rings. The minimum absolute atomic E-state index is 0.440. The van der Waals surface area contributed by atoms with Crippen molar-refractivity contribution in [3.8, 4) is 0 Å². The summed E-state index contributed by atoms with van der Waals surface area (Å²) in [6, 6.07) is 2.26. The molecule has 1 aliphatic heterocycles. The Morgan fingerprint density at radius 2 is 1.69 bits per heavy atom. The van der Waals surface area contributed by atoms with E-state index in [1.807, 2.05) is 0 Å². The predicted molar refractivity (Wildman–Crippen MR) is 58.9 cm³/mol. The lowest BCUT2D eigenvalue weighted by Crippen LogP contribution is -2.46. The Morgan fingerprint density at radius 1 is 1.15 bits per heavy atom. The molecule has 1 saturated heterocycles. The van der Waals surface area contributed by atoms with E-state index >= 15 is 0 Å². The molecule has 1 heterocycles. The molecule has 1 heteroatoms. The van der Waals surface area contributed by atoms with Crippen molar-refractivity contribution in [2.75, 3.05) is 0 Å². The topological polar surface area (TPSA) is 3.24 Å². The summed E-state index contributed by atoms with van der Waals surface area (Å²) in [5.41, 5.74) is 0.440. The van der Waals surface area contributed by atoms with Crippen molar-refractivity contribution in [2.24, 2.45) is 5.41 Å². The molecule has 13 heavy (non-hydrogen) atoms. The van der Waals surface area contributed by atoms with Crippen molar-refractivity contribution in [1.29, 1.82) is 0 Å². The summed E-state index contributed by atoms with van der Waals surface area (Å²) < 4.78 is 0. The van der Waals surface area contributed by atoms with Gasteiger partial charge in [0.05, 0.1) is 0 Å². The van der Waals surface area contributed by atoms with Gasteiger partial charge in [-0.3, -0.25) is 4.90 Å². The number of nitrogens with zero attached hydrogens (tertiary/aromatic N) is 1. The molecule has 0 N–H and O–H groups in total. The zero-order valence-corrected chi connectivity index (χ0v) is 10.1. The maximum absolute atomic E-state index is 2.69. The molecule has 0 aliphatic carbocycles. The van der Waals surface area contributed by atoms with Gasteiger partial charge in [0.25, 0.3) is 0 Å². The fraction of sp³-hybridized carbons (Fsp3) is 1.00. The Morgan fingerprint density at radius 3 is 2.00 bits per heavy atom. The standard InChI is InChI=1S/C12H25N/c1-9(2)13-10(3)7-8-11(13)12(4,5)6/h9-11H,7-8H2,1-6H3/t10-,11?/m0/s1. The third kappa shape index (κ3) is 2.25. The second-order valence-electron chi connectivity index (χ2n) is 5.85. The minimum atomic E-state index is 0.440. The number of rotatable bonds is 1. The molecule has 1 rings (SSSR count). The fourth-order valence-corrected chi connectivity index (χ4v) is 2.75. The first-order chi connectivity index (χ1) is 5.84. The van der Waals surface area contributed by atoms with E-state index in [9.17, 15) is 0 Å². The number of hydrogen-bond donors (Lipinski definition) is 0. The predicted octanol–water partition coefficient (Wildman–Crippen LogP) is 3.29. The van der Waals surface area contributed by atoms with E-state index < -0.39 is 0 Å². The van der Waals surface area contributed by atoms with Crippen molar-refractivity contribution in [2.45, 2.75) is 72.5 Å². The van der Waals surface area contributed by atoms with E-state index in [-0.39, 0.29) is 0 Å². The van der Waals surface area contributed by atoms with Gasteiger partial charge in [-0.25, -0.2) is 0 Å². The summed E-state index contributed by atoms with van der Waals surface area (Å²) in [7, 11) is 0. The van der Waals surface area contributed by atoms with E-state index in [1.54, 1.807) is 0 Å². The Balaban J connectivity index is 2.76. The molecule has 1 unspecified atom stereocenters. The number of likely N-dealkylation sites (tertiary alicyclic amines) is 1. The molecule has 0 radical (unpaired) electrons. The first kappa shape index (κ1) is 11.0. The van der Waals surface area contributed by atoms with Crippen LogP contribution in [0.5, 0.6) is 0 Å². The van der Waals surface area contributed by atoms with E-state index in [0.29, 0.717) is 11.5 Å². The van der Waals surface area contributed by atoms with Crippen molar-refractivity contribution < 1.29 is 0 Å². The second-order valence-corrected chi connectivity index (χ2v) is 5.85. The SMILES string of the molecule is CC(C)N1C(C(C)(C)C)CC[C@@H]1C. The highest BCUT2D eigenvalue weighted by molar-refractivity contribution is 4.93. The van der Waals surface area contributed by atoms with Crippen LogP contribution in [0.15, 0.2) is 0 Å².